The molecule has 1 unspecified atom stereocenters. The second kappa shape index (κ2) is 6.81. The third kappa shape index (κ3) is 3.52. The summed E-state index contributed by atoms with van der Waals surface area (Å²) in [6, 6.07) is 0.0183. The molecule has 5 fully saturated rings. The smallest absolute Gasteiger partial charge is 0.317 e. The largest absolute Gasteiger partial charge is 0.466 e. The SMILES string of the molecule is CCOC(=O)C1CCCN(C(=O)NCC23CC4CC(CC(C4)C2)C3)C1. The predicted molar refractivity (Wildman–Crippen MR) is 94.9 cm³/mol. The predicted octanol–water partition coefficient (Wildman–Crippen LogP) is 3.19. The maximum absolute atomic E-state index is 12.7. The molecule has 0 spiro atoms. The van der Waals surface area contributed by atoms with Crippen molar-refractivity contribution in [3.05, 3.63) is 0 Å². The zero-order valence-electron chi connectivity index (χ0n) is 15.5. The van der Waals surface area contributed by atoms with Crippen molar-refractivity contribution >= 4 is 12.0 Å². The van der Waals surface area contributed by atoms with E-state index in [1.807, 2.05) is 11.8 Å². The van der Waals surface area contributed by atoms with Gasteiger partial charge in [0.1, 0.15) is 0 Å². The Balaban J connectivity index is 1.31. The Labute approximate surface area is 150 Å². The number of rotatable bonds is 4. The molecule has 0 aromatic heterocycles. The van der Waals surface area contributed by atoms with Gasteiger partial charge < -0.3 is 15.0 Å². The highest BCUT2D eigenvalue weighted by atomic mass is 16.5. The Bertz CT molecular complexity index is 498. The molecule has 1 aliphatic heterocycles. The van der Waals surface area contributed by atoms with Crippen LogP contribution in [0.1, 0.15) is 58.3 Å². The van der Waals surface area contributed by atoms with Gasteiger partial charge in [0.15, 0.2) is 0 Å². The first-order valence-corrected chi connectivity index (χ1v) is 10.3. The lowest BCUT2D eigenvalue weighted by Crippen LogP contribution is -2.54. The average molecular weight is 348 g/mol. The van der Waals surface area contributed by atoms with Gasteiger partial charge in [0.25, 0.3) is 0 Å². The summed E-state index contributed by atoms with van der Waals surface area (Å²) in [7, 11) is 0. The number of nitrogens with one attached hydrogen (secondary N) is 1. The number of hydrogen-bond donors (Lipinski definition) is 1. The number of piperidine rings is 1. The summed E-state index contributed by atoms with van der Waals surface area (Å²) in [5, 5.41) is 3.24. The molecular formula is C20H32N2O3. The third-order valence-corrected chi connectivity index (χ3v) is 7.11. The number of hydrogen-bond acceptors (Lipinski definition) is 3. The van der Waals surface area contributed by atoms with Crippen LogP contribution in [0.25, 0.3) is 0 Å². The van der Waals surface area contributed by atoms with Crippen molar-refractivity contribution in [2.24, 2.45) is 29.1 Å². The van der Waals surface area contributed by atoms with Crippen molar-refractivity contribution in [1.82, 2.24) is 10.2 Å². The van der Waals surface area contributed by atoms with Crippen molar-refractivity contribution in [3.8, 4) is 0 Å². The quantitative estimate of drug-likeness (QED) is 0.794. The van der Waals surface area contributed by atoms with E-state index in [1.54, 1.807) is 0 Å². The number of carbonyl (C=O) groups excluding carboxylic acids is 2. The van der Waals surface area contributed by atoms with Crippen LogP contribution < -0.4 is 5.32 Å². The van der Waals surface area contributed by atoms with Crippen molar-refractivity contribution in [2.45, 2.75) is 58.3 Å². The van der Waals surface area contributed by atoms with Crippen LogP contribution in [-0.4, -0.2) is 43.1 Å². The molecule has 5 rings (SSSR count). The normalized spacial score (nSPS) is 39.3. The highest BCUT2D eigenvalue weighted by molar-refractivity contribution is 5.77. The monoisotopic (exact) mass is 348 g/mol. The lowest BCUT2D eigenvalue weighted by Gasteiger charge is -2.57. The molecule has 1 atom stereocenters. The molecule has 1 saturated heterocycles. The molecule has 4 saturated carbocycles. The number of esters is 1. The average Bonchev–Trinajstić information content (AvgIpc) is 2.59. The Morgan fingerprint density at radius 3 is 2.36 bits per heavy atom. The maximum Gasteiger partial charge on any atom is 0.317 e. The lowest BCUT2D eigenvalue weighted by atomic mass is 9.49. The van der Waals surface area contributed by atoms with Crippen molar-refractivity contribution < 1.29 is 14.3 Å². The van der Waals surface area contributed by atoms with E-state index in [2.05, 4.69) is 5.32 Å². The fourth-order valence-electron chi connectivity index (χ4n) is 6.50. The number of nitrogens with zero attached hydrogens (tertiary/aromatic N) is 1. The zero-order valence-corrected chi connectivity index (χ0v) is 15.5. The zero-order chi connectivity index (χ0) is 17.4. The highest BCUT2D eigenvalue weighted by Crippen LogP contribution is 2.59. The third-order valence-electron chi connectivity index (χ3n) is 7.11. The van der Waals surface area contributed by atoms with Gasteiger partial charge in [0.05, 0.1) is 12.5 Å². The fourth-order valence-corrected chi connectivity index (χ4v) is 6.50. The van der Waals surface area contributed by atoms with Crippen LogP contribution in [0.3, 0.4) is 0 Å². The van der Waals surface area contributed by atoms with Gasteiger partial charge >= 0.3 is 12.0 Å². The minimum atomic E-state index is -0.154. The molecule has 4 aliphatic carbocycles. The van der Waals surface area contributed by atoms with Crippen molar-refractivity contribution in [1.29, 1.82) is 0 Å². The number of urea groups is 1. The van der Waals surface area contributed by atoms with Gasteiger partial charge in [0, 0.05) is 19.6 Å². The van der Waals surface area contributed by atoms with Crippen molar-refractivity contribution in [3.63, 3.8) is 0 Å². The molecule has 5 nitrogen and oxygen atoms in total. The summed E-state index contributed by atoms with van der Waals surface area (Å²) < 4.78 is 5.14. The Morgan fingerprint density at radius 2 is 1.76 bits per heavy atom. The van der Waals surface area contributed by atoms with Crippen LogP contribution in [0.4, 0.5) is 4.79 Å². The summed E-state index contributed by atoms with van der Waals surface area (Å²) in [4.78, 5) is 26.5. The van der Waals surface area contributed by atoms with E-state index in [1.165, 1.54) is 38.5 Å². The number of likely N-dealkylation sites (tertiary alicyclic amines) is 1. The molecule has 0 radical (unpaired) electrons. The van der Waals surface area contributed by atoms with Crippen LogP contribution in [0, 0.1) is 29.1 Å². The first-order valence-electron chi connectivity index (χ1n) is 10.3. The molecule has 2 amide bonds. The van der Waals surface area contributed by atoms with E-state index in [9.17, 15) is 9.59 Å². The van der Waals surface area contributed by atoms with E-state index in [-0.39, 0.29) is 17.9 Å². The number of amides is 2. The van der Waals surface area contributed by atoms with Gasteiger partial charge in [-0.15, -0.1) is 0 Å². The van der Waals surface area contributed by atoms with E-state index in [4.69, 9.17) is 4.74 Å². The molecule has 0 aromatic rings. The molecule has 1 N–H and O–H groups in total. The molecule has 4 bridgehead atoms. The fraction of sp³-hybridized carbons (Fsp3) is 0.900. The minimum Gasteiger partial charge on any atom is -0.466 e. The van der Waals surface area contributed by atoms with Gasteiger partial charge in [-0.1, -0.05) is 0 Å². The molecule has 5 aliphatic rings. The molecule has 0 aromatic carbocycles. The minimum absolute atomic E-state index is 0.0183. The van der Waals surface area contributed by atoms with Crippen LogP contribution >= 0.6 is 0 Å². The molecule has 25 heavy (non-hydrogen) atoms. The van der Waals surface area contributed by atoms with Gasteiger partial charge in [-0.05, 0) is 81.5 Å². The Kier molecular flexibility index (Phi) is 4.67. The molecule has 1 heterocycles. The van der Waals surface area contributed by atoms with Crippen molar-refractivity contribution in [2.75, 3.05) is 26.2 Å². The summed E-state index contributed by atoms with van der Waals surface area (Å²) >= 11 is 0. The van der Waals surface area contributed by atoms with Gasteiger partial charge in [-0.2, -0.15) is 0 Å². The second-order valence-corrected chi connectivity index (χ2v) is 9.11. The summed E-state index contributed by atoms with van der Waals surface area (Å²) in [5.41, 5.74) is 0.362. The van der Waals surface area contributed by atoms with E-state index < -0.39 is 0 Å². The first-order chi connectivity index (χ1) is 12.1. The first kappa shape index (κ1) is 17.2. The number of ether oxygens (including phenoxy) is 1. The Morgan fingerprint density at radius 1 is 1.12 bits per heavy atom. The lowest BCUT2D eigenvalue weighted by molar-refractivity contribution is -0.149. The standard InChI is InChI=1S/C20H32N2O3/c1-2-25-18(23)17-4-3-5-22(12-17)19(24)21-13-20-9-14-6-15(10-20)8-16(7-14)11-20/h14-17H,2-13H2,1H3,(H,21,24). The van der Waals surface area contributed by atoms with E-state index in [0.717, 1.165) is 43.7 Å². The summed E-state index contributed by atoms with van der Waals surface area (Å²) in [6.07, 6.45) is 9.94. The van der Waals surface area contributed by atoms with Crippen LogP contribution in [-0.2, 0) is 9.53 Å². The molecule has 140 valence electrons. The highest BCUT2D eigenvalue weighted by Gasteiger charge is 2.50. The van der Waals surface area contributed by atoms with Crippen LogP contribution in [0.5, 0.6) is 0 Å². The van der Waals surface area contributed by atoms with E-state index in [0.29, 0.717) is 18.6 Å². The Hall–Kier alpha value is -1.26. The summed E-state index contributed by atoms with van der Waals surface area (Å²) in [5.74, 6) is 2.42. The summed E-state index contributed by atoms with van der Waals surface area (Å²) in [6.45, 7) is 4.33. The van der Waals surface area contributed by atoms with Gasteiger partial charge in [-0.3, -0.25) is 4.79 Å². The topological polar surface area (TPSA) is 58.6 Å². The maximum atomic E-state index is 12.7. The van der Waals surface area contributed by atoms with Gasteiger partial charge in [-0.25, -0.2) is 4.79 Å². The van der Waals surface area contributed by atoms with Gasteiger partial charge in [0.2, 0.25) is 0 Å². The van der Waals surface area contributed by atoms with Crippen LogP contribution in [0.2, 0.25) is 0 Å². The van der Waals surface area contributed by atoms with Crippen LogP contribution in [0.15, 0.2) is 0 Å². The molecule has 5 heteroatoms. The molecular weight excluding hydrogens is 316 g/mol. The van der Waals surface area contributed by atoms with E-state index >= 15 is 0 Å². The number of carbonyl (C=O) groups is 2. The second-order valence-electron chi connectivity index (χ2n) is 9.11.